The van der Waals surface area contributed by atoms with Crippen LogP contribution in [0.5, 0.6) is 17.2 Å². The molecule has 0 atom stereocenters. The number of ether oxygens (including phenoxy) is 2. The fourth-order valence-electron chi connectivity index (χ4n) is 3.02. The van der Waals surface area contributed by atoms with Crippen LogP contribution in [-0.4, -0.2) is 29.9 Å². The molecule has 0 unspecified atom stereocenters. The van der Waals surface area contributed by atoms with Crippen molar-refractivity contribution in [3.05, 3.63) is 93.1 Å². The quantitative estimate of drug-likeness (QED) is 0.266. The molecule has 1 heterocycles. The third kappa shape index (κ3) is 5.48. The highest BCUT2D eigenvalue weighted by Crippen LogP contribution is 2.33. The van der Waals surface area contributed by atoms with Crippen LogP contribution in [0.25, 0.3) is 6.08 Å². The lowest BCUT2D eigenvalue weighted by Crippen LogP contribution is -2.32. The monoisotopic (exact) mass is 497 g/mol. The lowest BCUT2D eigenvalue weighted by atomic mass is 10.1. The van der Waals surface area contributed by atoms with Crippen molar-refractivity contribution in [3.8, 4) is 17.2 Å². The minimum Gasteiger partial charge on any atom is -0.506 e. The maximum absolute atomic E-state index is 12.9. The molecule has 0 saturated heterocycles. The Morgan fingerprint density at radius 1 is 1.00 bits per heavy atom. The number of amides is 2. The summed E-state index contributed by atoms with van der Waals surface area (Å²) in [6.45, 7) is 0.107. The number of hydrogen-bond donors (Lipinski definition) is 3. The van der Waals surface area contributed by atoms with Crippen LogP contribution >= 0.6 is 23.2 Å². The molecule has 0 fully saturated rings. The van der Waals surface area contributed by atoms with Crippen LogP contribution in [-0.2, 0) is 4.79 Å². The number of aromatic hydroxyl groups is 1. The molecule has 3 aromatic carbocycles. The van der Waals surface area contributed by atoms with Crippen LogP contribution in [0.3, 0.4) is 0 Å². The number of phenols is 1. The van der Waals surface area contributed by atoms with Crippen LogP contribution in [0, 0.1) is 0 Å². The van der Waals surface area contributed by atoms with Crippen LogP contribution in [0.1, 0.15) is 21.5 Å². The van der Waals surface area contributed by atoms with Crippen molar-refractivity contribution in [2.75, 3.05) is 6.79 Å². The molecule has 0 bridgehead atoms. The minimum absolute atomic E-state index is 0.0405. The first-order chi connectivity index (χ1) is 16.4. The van der Waals surface area contributed by atoms with Gasteiger partial charge in [-0.3, -0.25) is 9.59 Å². The van der Waals surface area contributed by atoms with Crippen LogP contribution in [0.15, 0.2) is 71.5 Å². The van der Waals surface area contributed by atoms with Gasteiger partial charge in [-0.2, -0.15) is 5.10 Å². The van der Waals surface area contributed by atoms with E-state index in [-0.39, 0.29) is 33.8 Å². The first-order valence-electron chi connectivity index (χ1n) is 9.90. The largest absolute Gasteiger partial charge is 0.506 e. The average Bonchev–Trinajstić information content (AvgIpc) is 3.30. The topological polar surface area (TPSA) is 109 Å². The van der Waals surface area contributed by atoms with Crippen molar-refractivity contribution in [2.45, 2.75) is 0 Å². The highest BCUT2D eigenvalue weighted by atomic mass is 35.5. The highest BCUT2D eigenvalue weighted by molar-refractivity contribution is 6.36. The molecule has 1 aliphatic heterocycles. The normalized spacial score (nSPS) is 12.6. The third-order valence-electron chi connectivity index (χ3n) is 4.66. The van der Waals surface area contributed by atoms with Crippen molar-refractivity contribution in [1.29, 1.82) is 0 Å². The van der Waals surface area contributed by atoms with Gasteiger partial charge in [-0.1, -0.05) is 47.5 Å². The molecule has 2 amide bonds. The van der Waals surface area contributed by atoms with Crippen LogP contribution in [0.2, 0.25) is 10.0 Å². The SMILES string of the molecule is O=C(N/N=C/c1cc(Cl)cc(Cl)c1O)C(=Cc1ccc2c(c1)OCO2)NC(=O)c1ccccc1. The number of benzene rings is 3. The van der Waals surface area contributed by atoms with Gasteiger partial charge in [-0.05, 0) is 48.0 Å². The molecule has 0 aliphatic carbocycles. The minimum atomic E-state index is -0.703. The standard InChI is InChI=1S/C24H17Cl2N3O5/c25-17-10-16(22(30)18(26)11-17)12-27-29-24(32)19(28-23(31)15-4-2-1-3-5-15)8-14-6-7-20-21(9-14)34-13-33-20/h1-12,30H,13H2,(H,28,31)(H,29,32)/b19-8?,27-12+. The van der Waals surface area contributed by atoms with E-state index in [1.165, 1.54) is 24.4 Å². The average molecular weight is 498 g/mol. The molecule has 172 valence electrons. The molecule has 0 spiro atoms. The third-order valence-corrected chi connectivity index (χ3v) is 5.17. The van der Waals surface area contributed by atoms with E-state index >= 15 is 0 Å². The number of carbonyl (C=O) groups is 2. The highest BCUT2D eigenvalue weighted by Gasteiger charge is 2.17. The molecule has 8 nitrogen and oxygen atoms in total. The van der Waals surface area contributed by atoms with Crippen LogP contribution in [0.4, 0.5) is 0 Å². The maximum Gasteiger partial charge on any atom is 0.287 e. The van der Waals surface area contributed by atoms with Gasteiger partial charge >= 0.3 is 0 Å². The van der Waals surface area contributed by atoms with Gasteiger partial charge in [0.05, 0.1) is 11.2 Å². The van der Waals surface area contributed by atoms with E-state index < -0.39 is 11.8 Å². The van der Waals surface area contributed by atoms with Crippen LogP contribution < -0.4 is 20.2 Å². The summed E-state index contributed by atoms with van der Waals surface area (Å²) >= 11 is 11.8. The second-order valence-corrected chi connectivity index (χ2v) is 7.86. The number of nitrogens with one attached hydrogen (secondary N) is 2. The summed E-state index contributed by atoms with van der Waals surface area (Å²) in [5.41, 5.74) is 3.41. The summed E-state index contributed by atoms with van der Waals surface area (Å²) in [6, 6.07) is 16.3. The van der Waals surface area contributed by atoms with Crippen molar-refractivity contribution in [2.24, 2.45) is 5.10 Å². The number of rotatable bonds is 6. The number of carbonyl (C=O) groups excluding carboxylic acids is 2. The molecule has 4 rings (SSSR count). The Bertz CT molecular complexity index is 1310. The molecular formula is C24H17Cl2N3O5. The van der Waals surface area contributed by atoms with E-state index in [1.54, 1.807) is 48.5 Å². The fourth-order valence-corrected chi connectivity index (χ4v) is 3.53. The molecule has 10 heteroatoms. The Morgan fingerprint density at radius 3 is 2.56 bits per heavy atom. The Hall–Kier alpha value is -4.01. The van der Waals surface area contributed by atoms with Gasteiger partial charge in [0.15, 0.2) is 11.5 Å². The molecule has 0 radical (unpaired) electrons. The van der Waals surface area contributed by atoms with E-state index in [0.717, 1.165) is 0 Å². The van der Waals surface area contributed by atoms with Gasteiger partial charge in [0, 0.05) is 16.1 Å². The summed E-state index contributed by atoms with van der Waals surface area (Å²) < 4.78 is 10.7. The molecule has 3 N–H and O–H groups in total. The number of fused-ring (bicyclic) bond motifs is 1. The van der Waals surface area contributed by atoms with Crippen molar-refractivity contribution in [1.82, 2.24) is 10.7 Å². The van der Waals surface area contributed by atoms with Gasteiger partial charge in [0.25, 0.3) is 11.8 Å². The van der Waals surface area contributed by atoms with Crippen molar-refractivity contribution >= 4 is 47.3 Å². The second-order valence-electron chi connectivity index (χ2n) is 7.02. The van der Waals surface area contributed by atoms with Gasteiger partial charge in [-0.25, -0.2) is 5.43 Å². The van der Waals surface area contributed by atoms with E-state index in [9.17, 15) is 14.7 Å². The Labute approximate surface area is 204 Å². The zero-order valence-electron chi connectivity index (χ0n) is 17.4. The van der Waals surface area contributed by atoms with E-state index in [0.29, 0.717) is 22.6 Å². The lowest BCUT2D eigenvalue weighted by molar-refractivity contribution is -0.117. The summed E-state index contributed by atoms with van der Waals surface area (Å²) in [5, 5.41) is 16.8. The zero-order valence-corrected chi connectivity index (χ0v) is 18.9. The zero-order chi connectivity index (χ0) is 24.1. The predicted molar refractivity (Wildman–Crippen MR) is 128 cm³/mol. The molecule has 0 saturated carbocycles. The Balaban J connectivity index is 1.58. The number of hydrogen-bond acceptors (Lipinski definition) is 6. The molecular weight excluding hydrogens is 481 g/mol. The predicted octanol–water partition coefficient (Wildman–Crippen LogP) is 4.35. The Morgan fingerprint density at radius 2 is 1.76 bits per heavy atom. The molecule has 3 aromatic rings. The molecule has 34 heavy (non-hydrogen) atoms. The van der Waals surface area contributed by atoms with Gasteiger partial charge < -0.3 is 19.9 Å². The molecule has 1 aliphatic rings. The van der Waals surface area contributed by atoms with Crippen molar-refractivity contribution < 1.29 is 24.2 Å². The number of halogens is 2. The van der Waals surface area contributed by atoms with Gasteiger partial charge in [0.2, 0.25) is 6.79 Å². The summed E-state index contributed by atoms with van der Waals surface area (Å²) in [4.78, 5) is 25.6. The number of nitrogens with zero attached hydrogens (tertiary/aromatic N) is 1. The summed E-state index contributed by atoms with van der Waals surface area (Å²) in [5.74, 6) is -0.315. The fraction of sp³-hybridized carbons (Fsp3) is 0.0417. The maximum atomic E-state index is 12.9. The van der Waals surface area contributed by atoms with E-state index in [1.807, 2.05) is 0 Å². The van der Waals surface area contributed by atoms with Gasteiger partial charge in [0.1, 0.15) is 11.4 Å². The van der Waals surface area contributed by atoms with Gasteiger partial charge in [-0.15, -0.1) is 0 Å². The number of hydrazone groups is 1. The van der Waals surface area contributed by atoms with E-state index in [2.05, 4.69) is 15.8 Å². The Kier molecular flexibility index (Phi) is 7.01. The second kappa shape index (κ2) is 10.3. The van der Waals surface area contributed by atoms with Crippen molar-refractivity contribution in [3.63, 3.8) is 0 Å². The first kappa shape index (κ1) is 23.2. The van der Waals surface area contributed by atoms with E-state index in [4.69, 9.17) is 32.7 Å². The molecule has 0 aromatic heterocycles. The summed E-state index contributed by atoms with van der Waals surface area (Å²) in [7, 11) is 0. The summed E-state index contributed by atoms with van der Waals surface area (Å²) in [6.07, 6.45) is 2.66. The smallest absolute Gasteiger partial charge is 0.287 e. The first-order valence-corrected chi connectivity index (χ1v) is 10.7. The lowest BCUT2D eigenvalue weighted by Gasteiger charge is -2.09. The number of phenolic OH excluding ortho intramolecular Hbond substituents is 1.